The van der Waals surface area contributed by atoms with Gasteiger partial charge in [-0.2, -0.15) is 0 Å². The Labute approximate surface area is 54.9 Å². The molecule has 0 aromatic carbocycles. The van der Waals surface area contributed by atoms with E-state index in [0.29, 0.717) is 0 Å². The molecule has 0 aliphatic heterocycles. The van der Waals surface area contributed by atoms with Crippen molar-refractivity contribution < 1.29 is 9.90 Å². The summed E-state index contributed by atoms with van der Waals surface area (Å²) in [6.07, 6.45) is 0.951. The topological polar surface area (TPSA) is 37.3 Å². The van der Waals surface area contributed by atoms with Crippen LogP contribution >= 0.6 is 0 Å². The molecule has 0 spiro atoms. The maximum atomic E-state index is 10.7. The van der Waals surface area contributed by atoms with Crippen molar-refractivity contribution in [3.63, 3.8) is 0 Å². The smallest absolute Gasteiger partial charge is 0.161 e. The molecule has 2 heteroatoms. The highest BCUT2D eigenvalue weighted by Crippen LogP contribution is 2.51. The van der Waals surface area contributed by atoms with Gasteiger partial charge in [-0.1, -0.05) is 13.8 Å². The number of ketones is 1. The lowest BCUT2D eigenvalue weighted by atomic mass is 10.1. The zero-order chi connectivity index (χ0) is 7.07. The van der Waals surface area contributed by atoms with Crippen LogP contribution in [0.25, 0.3) is 0 Å². The molecule has 0 unspecified atom stereocenters. The molecule has 1 aliphatic carbocycles. The van der Waals surface area contributed by atoms with Crippen molar-refractivity contribution in [2.45, 2.75) is 20.3 Å². The third kappa shape index (κ3) is 1.13. The number of carbonyl (C=O) groups excluding carboxylic acids is 1. The quantitative estimate of drug-likeness (QED) is 0.591. The van der Waals surface area contributed by atoms with E-state index in [-0.39, 0.29) is 23.7 Å². The van der Waals surface area contributed by atoms with Crippen LogP contribution < -0.4 is 0 Å². The fourth-order valence-corrected chi connectivity index (χ4v) is 1.13. The van der Waals surface area contributed by atoms with Gasteiger partial charge in [-0.15, -0.1) is 0 Å². The number of hydrogen-bond acceptors (Lipinski definition) is 2. The molecule has 0 radical (unpaired) electrons. The molecule has 1 atom stereocenters. The van der Waals surface area contributed by atoms with E-state index in [4.69, 9.17) is 5.11 Å². The first-order valence-corrected chi connectivity index (χ1v) is 3.21. The second kappa shape index (κ2) is 1.81. The normalized spacial score (nSPS) is 29.9. The third-order valence-electron chi connectivity index (χ3n) is 2.06. The van der Waals surface area contributed by atoms with Gasteiger partial charge in [0.1, 0.15) is 6.61 Å². The van der Waals surface area contributed by atoms with E-state index in [2.05, 4.69) is 0 Å². The second-order valence-corrected chi connectivity index (χ2v) is 3.37. The van der Waals surface area contributed by atoms with Gasteiger partial charge in [0, 0.05) is 5.92 Å². The highest BCUT2D eigenvalue weighted by molar-refractivity contribution is 5.85. The van der Waals surface area contributed by atoms with Crippen molar-refractivity contribution >= 4 is 5.78 Å². The van der Waals surface area contributed by atoms with Gasteiger partial charge in [0.15, 0.2) is 5.78 Å². The maximum absolute atomic E-state index is 10.7. The van der Waals surface area contributed by atoms with Crippen LogP contribution in [0.3, 0.4) is 0 Å². The van der Waals surface area contributed by atoms with Crippen molar-refractivity contribution in [2.24, 2.45) is 11.3 Å². The van der Waals surface area contributed by atoms with Gasteiger partial charge in [-0.3, -0.25) is 4.79 Å². The predicted octanol–water partition coefficient (Wildman–Crippen LogP) is 0.594. The van der Waals surface area contributed by atoms with Gasteiger partial charge >= 0.3 is 0 Å². The minimum Gasteiger partial charge on any atom is -0.389 e. The molecule has 1 fully saturated rings. The van der Waals surface area contributed by atoms with E-state index < -0.39 is 0 Å². The average molecular weight is 128 g/mol. The molecule has 0 aromatic rings. The van der Waals surface area contributed by atoms with Crippen molar-refractivity contribution in [1.29, 1.82) is 0 Å². The summed E-state index contributed by atoms with van der Waals surface area (Å²) >= 11 is 0. The summed E-state index contributed by atoms with van der Waals surface area (Å²) in [5.74, 6) is 0.141. The number of rotatable bonds is 2. The predicted molar refractivity (Wildman–Crippen MR) is 34.0 cm³/mol. The molecular formula is C7H12O2. The number of aliphatic hydroxyl groups excluding tert-OH is 1. The van der Waals surface area contributed by atoms with Crippen LogP contribution in [0.4, 0.5) is 0 Å². The molecule has 1 saturated carbocycles. The Bertz CT molecular complexity index is 138. The molecule has 9 heavy (non-hydrogen) atoms. The molecule has 1 N–H and O–H groups in total. The molecule has 0 amide bonds. The first-order chi connectivity index (χ1) is 4.08. The Morgan fingerprint density at radius 1 is 1.78 bits per heavy atom. The third-order valence-corrected chi connectivity index (χ3v) is 2.06. The summed E-state index contributed by atoms with van der Waals surface area (Å²) in [5.41, 5.74) is 0.180. The maximum Gasteiger partial charge on any atom is 0.161 e. The average Bonchev–Trinajstić information content (AvgIpc) is 2.38. The first-order valence-electron chi connectivity index (χ1n) is 3.21. The van der Waals surface area contributed by atoms with Crippen LogP contribution in [0.5, 0.6) is 0 Å². The van der Waals surface area contributed by atoms with Crippen molar-refractivity contribution in [3.8, 4) is 0 Å². The molecule has 1 rings (SSSR count). The van der Waals surface area contributed by atoms with Crippen LogP contribution in [0.2, 0.25) is 0 Å². The van der Waals surface area contributed by atoms with E-state index in [1.165, 1.54) is 0 Å². The molecule has 2 nitrogen and oxygen atoms in total. The van der Waals surface area contributed by atoms with Gasteiger partial charge in [-0.05, 0) is 11.8 Å². The summed E-state index contributed by atoms with van der Waals surface area (Å²) in [4.78, 5) is 10.7. The van der Waals surface area contributed by atoms with Crippen LogP contribution in [0.1, 0.15) is 20.3 Å². The van der Waals surface area contributed by atoms with Gasteiger partial charge in [0.05, 0.1) is 0 Å². The summed E-state index contributed by atoms with van der Waals surface area (Å²) in [6, 6.07) is 0. The lowest BCUT2D eigenvalue weighted by molar-refractivity contribution is -0.123. The zero-order valence-corrected chi connectivity index (χ0v) is 5.85. The Hall–Kier alpha value is -0.370. The lowest BCUT2D eigenvalue weighted by Crippen LogP contribution is -2.09. The molecule has 0 aromatic heterocycles. The summed E-state index contributed by atoms with van der Waals surface area (Å²) in [6.45, 7) is 3.81. The highest BCUT2D eigenvalue weighted by Gasteiger charge is 2.49. The minimum absolute atomic E-state index is 0.000000000000000444. The van der Waals surface area contributed by atoms with E-state index >= 15 is 0 Å². The van der Waals surface area contributed by atoms with Crippen LogP contribution in [-0.4, -0.2) is 17.5 Å². The Morgan fingerprint density at radius 3 is 2.33 bits per heavy atom. The van der Waals surface area contributed by atoms with Gasteiger partial charge in [0.25, 0.3) is 0 Å². The highest BCUT2D eigenvalue weighted by atomic mass is 16.3. The van der Waals surface area contributed by atoms with Crippen LogP contribution in [0, 0.1) is 11.3 Å². The number of aliphatic hydroxyl groups is 1. The summed E-state index contributed by atoms with van der Waals surface area (Å²) < 4.78 is 0. The van der Waals surface area contributed by atoms with E-state index in [1.807, 2.05) is 13.8 Å². The standard InChI is InChI=1S/C7H12O2/c1-7(2)3-5(7)6(9)4-8/h5,8H,3-4H2,1-2H3/t5-/m0/s1. The van der Waals surface area contributed by atoms with E-state index in [0.717, 1.165) is 6.42 Å². The molecule has 1 aliphatic rings. The fourth-order valence-electron chi connectivity index (χ4n) is 1.13. The van der Waals surface area contributed by atoms with Gasteiger partial charge in [-0.25, -0.2) is 0 Å². The largest absolute Gasteiger partial charge is 0.389 e. The van der Waals surface area contributed by atoms with Crippen LogP contribution in [0.15, 0.2) is 0 Å². The molecule has 52 valence electrons. The van der Waals surface area contributed by atoms with Crippen molar-refractivity contribution in [1.82, 2.24) is 0 Å². The van der Waals surface area contributed by atoms with E-state index in [1.54, 1.807) is 0 Å². The molecule has 0 bridgehead atoms. The molecular weight excluding hydrogens is 116 g/mol. The number of Topliss-reactive ketones (excluding diaryl/α,β-unsaturated/α-hetero) is 1. The summed E-state index contributed by atoms with van der Waals surface area (Å²) in [5, 5.41) is 8.43. The minimum atomic E-state index is -0.284. The summed E-state index contributed by atoms with van der Waals surface area (Å²) in [7, 11) is 0. The number of carbonyl (C=O) groups is 1. The Balaban J connectivity index is 2.42. The molecule has 0 saturated heterocycles. The van der Waals surface area contributed by atoms with Gasteiger partial charge in [0.2, 0.25) is 0 Å². The SMILES string of the molecule is CC1(C)C[C@H]1C(=O)CO. The van der Waals surface area contributed by atoms with Crippen LogP contribution in [-0.2, 0) is 4.79 Å². The monoisotopic (exact) mass is 128 g/mol. The number of hydrogen-bond donors (Lipinski definition) is 1. The molecule has 0 heterocycles. The fraction of sp³-hybridized carbons (Fsp3) is 0.857. The Morgan fingerprint density at radius 2 is 2.22 bits per heavy atom. The second-order valence-electron chi connectivity index (χ2n) is 3.37. The van der Waals surface area contributed by atoms with Crippen molar-refractivity contribution in [3.05, 3.63) is 0 Å². The zero-order valence-electron chi connectivity index (χ0n) is 5.85. The Kier molecular flexibility index (Phi) is 1.35. The van der Waals surface area contributed by atoms with E-state index in [9.17, 15) is 4.79 Å². The lowest BCUT2D eigenvalue weighted by Gasteiger charge is -1.97. The first kappa shape index (κ1) is 6.75. The van der Waals surface area contributed by atoms with Gasteiger partial charge < -0.3 is 5.11 Å². The van der Waals surface area contributed by atoms with Crippen molar-refractivity contribution in [2.75, 3.05) is 6.61 Å².